The predicted molar refractivity (Wildman–Crippen MR) is 61.1 cm³/mol. The van der Waals surface area contributed by atoms with Gasteiger partial charge in [-0.2, -0.15) is 0 Å². The zero-order chi connectivity index (χ0) is 7.94. The minimum atomic E-state index is 0. The molecule has 1 aromatic carbocycles. The van der Waals surface area contributed by atoms with Crippen LogP contribution >= 0.6 is 34.0 Å². The molecule has 0 heterocycles. The Morgan fingerprint density at radius 3 is 2.42 bits per heavy atom. The molecule has 0 bridgehead atoms. The van der Waals surface area contributed by atoms with Gasteiger partial charge in [-0.05, 0) is 12.1 Å². The van der Waals surface area contributed by atoms with Gasteiger partial charge in [-0.15, -0.1) is 12.4 Å². The average molecular weight is 222 g/mol. The maximum atomic E-state index is 5.36. The molecule has 68 valence electrons. The van der Waals surface area contributed by atoms with Crippen molar-refractivity contribution in [3.63, 3.8) is 0 Å². The summed E-state index contributed by atoms with van der Waals surface area (Å²) in [4.78, 5) is 1.30. The van der Waals surface area contributed by atoms with Crippen molar-refractivity contribution in [2.75, 3.05) is 12.3 Å². The fourth-order valence-electron chi connectivity index (χ4n) is 0.634. The van der Waals surface area contributed by atoms with Gasteiger partial charge < -0.3 is 5.73 Å². The van der Waals surface area contributed by atoms with E-state index >= 15 is 0 Å². The number of halogens is 1. The van der Waals surface area contributed by atoms with Crippen LogP contribution in [0.4, 0.5) is 0 Å². The monoisotopic (exact) mass is 221 g/mol. The maximum absolute atomic E-state index is 5.36. The Morgan fingerprint density at radius 2 is 1.83 bits per heavy atom. The molecule has 0 unspecified atom stereocenters. The summed E-state index contributed by atoms with van der Waals surface area (Å²) in [5.74, 6) is 1.01. The highest BCUT2D eigenvalue weighted by Crippen LogP contribution is 2.29. The van der Waals surface area contributed by atoms with Crippen molar-refractivity contribution in [3.05, 3.63) is 30.3 Å². The van der Waals surface area contributed by atoms with Crippen LogP contribution in [-0.2, 0) is 0 Å². The molecular weight excluding hydrogens is 210 g/mol. The van der Waals surface area contributed by atoms with Crippen LogP contribution in [-0.4, -0.2) is 12.3 Å². The molecule has 0 fully saturated rings. The van der Waals surface area contributed by atoms with Crippen LogP contribution in [0.1, 0.15) is 0 Å². The van der Waals surface area contributed by atoms with Crippen molar-refractivity contribution in [2.45, 2.75) is 4.90 Å². The molecule has 0 saturated carbocycles. The van der Waals surface area contributed by atoms with Gasteiger partial charge in [0.25, 0.3) is 0 Å². The molecule has 0 aliphatic heterocycles. The molecular formula is C8H12ClNS2. The van der Waals surface area contributed by atoms with E-state index in [1.807, 2.05) is 18.2 Å². The van der Waals surface area contributed by atoms with E-state index in [1.54, 1.807) is 21.6 Å². The Balaban J connectivity index is 0.00000121. The van der Waals surface area contributed by atoms with E-state index in [9.17, 15) is 0 Å². The summed E-state index contributed by atoms with van der Waals surface area (Å²) in [5, 5.41) is 0. The molecule has 0 saturated heterocycles. The molecule has 0 amide bonds. The van der Waals surface area contributed by atoms with Crippen LogP contribution in [0.15, 0.2) is 35.2 Å². The van der Waals surface area contributed by atoms with Crippen molar-refractivity contribution in [3.8, 4) is 0 Å². The van der Waals surface area contributed by atoms with Crippen LogP contribution in [0, 0.1) is 0 Å². The third-order valence-electron chi connectivity index (χ3n) is 1.10. The zero-order valence-electron chi connectivity index (χ0n) is 6.60. The first-order chi connectivity index (χ1) is 5.43. The first kappa shape index (κ1) is 12.2. The maximum Gasteiger partial charge on any atom is 0.0182 e. The molecule has 2 N–H and O–H groups in total. The van der Waals surface area contributed by atoms with E-state index in [1.165, 1.54) is 4.90 Å². The zero-order valence-corrected chi connectivity index (χ0v) is 9.05. The van der Waals surface area contributed by atoms with Crippen molar-refractivity contribution >= 4 is 34.0 Å². The van der Waals surface area contributed by atoms with Crippen molar-refractivity contribution in [1.82, 2.24) is 0 Å². The number of hydrogen-bond acceptors (Lipinski definition) is 3. The molecule has 4 heteroatoms. The molecule has 12 heavy (non-hydrogen) atoms. The SMILES string of the molecule is Cl.NCCSSc1ccccc1. The number of rotatable bonds is 4. The number of hydrogen-bond donors (Lipinski definition) is 1. The van der Waals surface area contributed by atoms with Crippen LogP contribution in [0.3, 0.4) is 0 Å². The van der Waals surface area contributed by atoms with Gasteiger partial charge in [0.05, 0.1) is 0 Å². The molecule has 0 aliphatic rings. The minimum absolute atomic E-state index is 0. The van der Waals surface area contributed by atoms with E-state index < -0.39 is 0 Å². The normalized spacial score (nSPS) is 9.08. The van der Waals surface area contributed by atoms with Gasteiger partial charge >= 0.3 is 0 Å². The van der Waals surface area contributed by atoms with Crippen LogP contribution in [0.2, 0.25) is 0 Å². The highest BCUT2D eigenvalue weighted by molar-refractivity contribution is 8.76. The summed E-state index contributed by atoms with van der Waals surface area (Å²) in [6.45, 7) is 0.754. The van der Waals surface area contributed by atoms with Crippen LogP contribution in [0.5, 0.6) is 0 Å². The Hall–Kier alpha value is 0.170. The summed E-state index contributed by atoms with van der Waals surface area (Å²) >= 11 is 0. The van der Waals surface area contributed by atoms with Crippen molar-refractivity contribution in [2.24, 2.45) is 5.73 Å². The molecule has 0 aromatic heterocycles. The number of benzene rings is 1. The van der Waals surface area contributed by atoms with Gasteiger partial charge in [0.2, 0.25) is 0 Å². The Morgan fingerprint density at radius 1 is 1.17 bits per heavy atom. The lowest BCUT2D eigenvalue weighted by molar-refractivity contribution is 1.16. The standard InChI is InChI=1S/C8H11NS2.ClH/c9-6-7-10-11-8-4-2-1-3-5-8;/h1-5H,6-7,9H2;1H. The molecule has 1 aromatic rings. The van der Waals surface area contributed by atoms with Crippen LogP contribution < -0.4 is 5.73 Å². The van der Waals surface area contributed by atoms with Gasteiger partial charge in [0.1, 0.15) is 0 Å². The topological polar surface area (TPSA) is 26.0 Å². The molecule has 0 atom stereocenters. The van der Waals surface area contributed by atoms with Gasteiger partial charge in [-0.3, -0.25) is 0 Å². The van der Waals surface area contributed by atoms with Gasteiger partial charge in [-0.1, -0.05) is 39.8 Å². The summed E-state index contributed by atoms with van der Waals surface area (Å²) in [7, 11) is 3.58. The Labute approximate surface area is 87.3 Å². The second-order valence-electron chi connectivity index (χ2n) is 2.01. The lowest BCUT2D eigenvalue weighted by Crippen LogP contribution is -1.99. The highest BCUT2D eigenvalue weighted by Gasteiger charge is 1.90. The lowest BCUT2D eigenvalue weighted by Gasteiger charge is -1.97. The number of nitrogens with two attached hydrogens (primary N) is 1. The van der Waals surface area contributed by atoms with E-state index in [0.717, 1.165) is 12.3 Å². The van der Waals surface area contributed by atoms with E-state index in [-0.39, 0.29) is 12.4 Å². The second kappa shape index (κ2) is 7.80. The summed E-state index contributed by atoms with van der Waals surface area (Å²) in [6.07, 6.45) is 0. The smallest absolute Gasteiger partial charge is 0.0182 e. The quantitative estimate of drug-likeness (QED) is 0.626. The van der Waals surface area contributed by atoms with Gasteiger partial charge in [0, 0.05) is 17.2 Å². The first-order valence-electron chi connectivity index (χ1n) is 3.48. The highest BCUT2D eigenvalue weighted by atomic mass is 35.5. The molecule has 1 nitrogen and oxygen atoms in total. The molecule has 0 spiro atoms. The third-order valence-corrected chi connectivity index (χ3v) is 3.52. The molecule has 0 radical (unpaired) electrons. The average Bonchev–Trinajstić information content (AvgIpc) is 2.07. The second-order valence-corrected chi connectivity index (χ2v) is 4.50. The van der Waals surface area contributed by atoms with Gasteiger partial charge in [0.15, 0.2) is 0 Å². The third kappa shape index (κ3) is 4.93. The van der Waals surface area contributed by atoms with E-state index in [2.05, 4.69) is 12.1 Å². The van der Waals surface area contributed by atoms with Crippen LogP contribution in [0.25, 0.3) is 0 Å². The Kier molecular flexibility index (Phi) is 7.91. The van der Waals surface area contributed by atoms with E-state index in [4.69, 9.17) is 5.73 Å². The first-order valence-corrected chi connectivity index (χ1v) is 5.80. The predicted octanol–water partition coefficient (Wildman–Crippen LogP) is 2.81. The fourth-order valence-corrected chi connectivity index (χ4v) is 2.50. The minimum Gasteiger partial charge on any atom is -0.330 e. The fraction of sp³-hybridized carbons (Fsp3) is 0.250. The van der Waals surface area contributed by atoms with Crippen molar-refractivity contribution in [1.29, 1.82) is 0 Å². The largest absolute Gasteiger partial charge is 0.330 e. The van der Waals surface area contributed by atoms with Crippen molar-refractivity contribution < 1.29 is 0 Å². The summed E-state index contributed by atoms with van der Waals surface area (Å²) < 4.78 is 0. The summed E-state index contributed by atoms with van der Waals surface area (Å²) in [6, 6.07) is 10.3. The summed E-state index contributed by atoms with van der Waals surface area (Å²) in [5.41, 5.74) is 5.36. The lowest BCUT2D eigenvalue weighted by atomic mass is 10.4. The molecule has 0 aliphatic carbocycles. The molecule has 1 rings (SSSR count). The van der Waals surface area contributed by atoms with E-state index in [0.29, 0.717) is 0 Å². The van der Waals surface area contributed by atoms with Gasteiger partial charge in [-0.25, -0.2) is 0 Å². The Bertz CT molecular complexity index is 194.